The maximum absolute atomic E-state index is 2.51. The highest BCUT2D eigenvalue weighted by atomic mass is 15.2. The molecule has 9 aromatic rings. The van der Waals surface area contributed by atoms with Crippen LogP contribution in [0.25, 0.3) is 43.4 Å². The second-order valence-corrected chi connectivity index (χ2v) is 16.6. The summed E-state index contributed by atoms with van der Waals surface area (Å²) in [5.74, 6) is 0. The van der Waals surface area contributed by atoms with Gasteiger partial charge in [-0.1, -0.05) is 143 Å². The molecule has 0 saturated carbocycles. The summed E-state index contributed by atoms with van der Waals surface area (Å²) >= 11 is 0. The lowest BCUT2D eigenvalue weighted by Crippen LogP contribution is -2.31. The van der Waals surface area contributed by atoms with Gasteiger partial charge < -0.3 is 9.80 Å². The molecule has 0 spiro atoms. The lowest BCUT2D eigenvalue weighted by molar-refractivity contribution is 0.627. The summed E-state index contributed by atoms with van der Waals surface area (Å²) in [5, 5.41) is 7.67. The Labute approximate surface area is 328 Å². The highest BCUT2D eigenvalue weighted by Gasteiger charge is 2.42. The van der Waals surface area contributed by atoms with Crippen LogP contribution in [0.15, 0.2) is 182 Å². The molecule has 0 atom stereocenters. The zero-order valence-electron chi connectivity index (χ0n) is 32.2. The van der Waals surface area contributed by atoms with Crippen molar-refractivity contribution >= 4 is 66.4 Å². The summed E-state index contributed by atoms with van der Waals surface area (Å²) in [7, 11) is 0. The number of anilines is 6. The molecule has 11 rings (SSSR count). The number of hydrogen-bond acceptors (Lipinski definition) is 2. The predicted octanol–water partition coefficient (Wildman–Crippen LogP) is 15.0. The molecule has 0 fully saturated rings. The van der Waals surface area contributed by atoms with Crippen molar-refractivity contribution in [1.82, 2.24) is 0 Å². The molecule has 2 nitrogen and oxygen atoms in total. The van der Waals surface area contributed by atoms with E-state index in [9.17, 15) is 0 Å². The van der Waals surface area contributed by atoms with Crippen LogP contribution >= 0.6 is 0 Å². The van der Waals surface area contributed by atoms with Crippen LogP contribution in [-0.4, -0.2) is 0 Å². The van der Waals surface area contributed by atoms with Gasteiger partial charge in [0, 0.05) is 33.6 Å². The average Bonchev–Trinajstić information content (AvgIpc) is 3.46. The van der Waals surface area contributed by atoms with Gasteiger partial charge in [0.05, 0.1) is 11.4 Å². The van der Waals surface area contributed by atoms with Gasteiger partial charge in [-0.2, -0.15) is 0 Å². The van der Waals surface area contributed by atoms with Crippen LogP contribution in [0.4, 0.5) is 34.1 Å². The topological polar surface area (TPSA) is 6.48 Å². The van der Waals surface area contributed by atoms with E-state index in [1.807, 2.05) is 0 Å². The maximum atomic E-state index is 2.51. The van der Waals surface area contributed by atoms with E-state index in [1.165, 1.54) is 82.8 Å². The molecule has 0 unspecified atom stereocenters. The molecular formula is C54H42N2. The molecule has 9 aromatic carbocycles. The van der Waals surface area contributed by atoms with E-state index in [4.69, 9.17) is 0 Å². The Kier molecular flexibility index (Phi) is 6.98. The van der Waals surface area contributed by atoms with E-state index in [0.717, 1.165) is 17.1 Å². The van der Waals surface area contributed by atoms with Crippen molar-refractivity contribution in [3.63, 3.8) is 0 Å². The van der Waals surface area contributed by atoms with Crippen LogP contribution in [0.2, 0.25) is 0 Å². The van der Waals surface area contributed by atoms with E-state index < -0.39 is 0 Å². The first kappa shape index (κ1) is 32.8. The molecule has 2 aliphatic rings. The normalized spacial score (nSPS) is 14.7. The molecule has 0 bridgehead atoms. The van der Waals surface area contributed by atoms with Crippen molar-refractivity contribution < 1.29 is 0 Å². The first-order valence-corrected chi connectivity index (χ1v) is 19.8. The Morgan fingerprint density at radius 3 is 1.55 bits per heavy atom. The third-order valence-electron chi connectivity index (χ3n) is 12.8. The maximum Gasteiger partial charge on any atom is 0.0506 e. The fourth-order valence-electron chi connectivity index (χ4n) is 9.97. The third-order valence-corrected chi connectivity index (χ3v) is 12.8. The van der Waals surface area contributed by atoms with Gasteiger partial charge in [0.1, 0.15) is 0 Å². The van der Waals surface area contributed by atoms with Gasteiger partial charge in [0.2, 0.25) is 0 Å². The number of benzene rings is 9. The molecule has 56 heavy (non-hydrogen) atoms. The molecular weight excluding hydrogens is 677 g/mol. The van der Waals surface area contributed by atoms with Crippen LogP contribution in [0.1, 0.15) is 49.9 Å². The molecule has 1 heterocycles. The van der Waals surface area contributed by atoms with Crippen LogP contribution in [0.5, 0.6) is 0 Å². The fraction of sp³-hybridized carbons (Fsp3) is 0.111. The van der Waals surface area contributed by atoms with Gasteiger partial charge in [-0.05, 0) is 132 Å². The van der Waals surface area contributed by atoms with Gasteiger partial charge >= 0.3 is 0 Å². The first-order chi connectivity index (χ1) is 27.3. The van der Waals surface area contributed by atoms with E-state index in [1.54, 1.807) is 0 Å². The van der Waals surface area contributed by atoms with Gasteiger partial charge in [-0.25, -0.2) is 0 Å². The molecule has 0 aromatic heterocycles. The van der Waals surface area contributed by atoms with Gasteiger partial charge in [-0.3, -0.25) is 0 Å². The molecule has 0 N–H and O–H groups in total. The highest BCUT2D eigenvalue weighted by molar-refractivity contribution is 6.25. The van der Waals surface area contributed by atoms with Gasteiger partial charge in [0.15, 0.2) is 0 Å². The van der Waals surface area contributed by atoms with Crippen LogP contribution in [0, 0.1) is 0 Å². The molecule has 0 saturated heterocycles. The number of rotatable bonds is 4. The SMILES string of the molecule is CC1(C)c2ccccc2-c2cc3c(cc21)N(c1ccccc1)c1ccc(N(c2ccccc2)c2ccc4c5ccccc5c5ccccc5c4c2)cc1C3(C)C. The third kappa shape index (κ3) is 4.62. The Balaban J connectivity index is 1.14. The summed E-state index contributed by atoms with van der Waals surface area (Å²) in [6.07, 6.45) is 0. The number of nitrogens with zero attached hydrogens (tertiary/aromatic N) is 2. The summed E-state index contributed by atoms with van der Waals surface area (Å²) < 4.78 is 0. The van der Waals surface area contributed by atoms with Crippen molar-refractivity contribution in [3.05, 3.63) is 204 Å². The minimum Gasteiger partial charge on any atom is -0.310 e. The van der Waals surface area contributed by atoms with E-state index >= 15 is 0 Å². The minimum absolute atomic E-state index is 0.0920. The smallest absolute Gasteiger partial charge is 0.0506 e. The van der Waals surface area contributed by atoms with Crippen LogP contribution in [0.3, 0.4) is 0 Å². The fourth-order valence-corrected chi connectivity index (χ4v) is 9.97. The number of hydrogen-bond donors (Lipinski definition) is 0. The second kappa shape index (κ2) is 11.9. The van der Waals surface area contributed by atoms with E-state index in [0.29, 0.717) is 0 Å². The zero-order chi connectivity index (χ0) is 37.8. The Morgan fingerprint density at radius 1 is 0.339 bits per heavy atom. The standard InChI is InChI=1S/C54H42N2/c1-53(2)47-26-16-15-25-44(47)46-33-50-52(34-48(46)53)56(36-19-9-6-10-20-36)51-30-28-38(32-49(51)54(50,3)4)55(35-17-7-5-8-18-35)37-27-29-43-41-23-12-11-21-39(41)40-22-13-14-24-42(40)45(43)31-37/h5-34H,1-4H3. The largest absolute Gasteiger partial charge is 0.310 e. The number of para-hydroxylation sites is 2. The van der Waals surface area contributed by atoms with Crippen molar-refractivity contribution in [2.75, 3.05) is 9.80 Å². The van der Waals surface area contributed by atoms with Gasteiger partial charge in [-0.15, -0.1) is 0 Å². The summed E-state index contributed by atoms with van der Waals surface area (Å²) in [5.41, 5.74) is 14.8. The van der Waals surface area contributed by atoms with Gasteiger partial charge in [0.25, 0.3) is 0 Å². The van der Waals surface area contributed by atoms with Crippen molar-refractivity contribution in [3.8, 4) is 11.1 Å². The van der Waals surface area contributed by atoms with Crippen LogP contribution in [-0.2, 0) is 10.8 Å². The molecule has 2 heteroatoms. The monoisotopic (exact) mass is 718 g/mol. The summed E-state index contributed by atoms with van der Waals surface area (Å²) in [6.45, 7) is 9.58. The molecule has 1 aliphatic heterocycles. The lowest BCUT2D eigenvalue weighted by atomic mass is 9.71. The first-order valence-electron chi connectivity index (χ1n) is 19.8. The molecule has 0 radical (unpaired) electrons. The predicted molar refractivity (Wildman–Crippen MR) is 238 cm³/mol. The van der Waals surface area contributed by atoms with Crippen molar-refractivity contribution in [2.24, 2.45) is 0 Å². The molecule has 0 amide bonds. The quantitative estimate of drug-likeness (QED) is 0.167. The molecule has 268 valence electrons. The van der Waals surface area contributed by atoms with E-state index in [2.05, 4.69) is 219 Å². The van der Waals surface area contributed by atoms with Crippen molar-refractivity contribution in [1.29, 1.82) is 0 Å². The lowest BCUT2D eigenvalue weighted by Gasteiger charge is -2.43. The number of fused-ring (bicyclic) bond motifs is 11. The average molecular weight is 719 g/mol. The minimum atomic E-state index is -0.288. The van der Waals surface area contributed by atoms with Crippen molar-refractivity contribution in [2.45, 2.75) is 38.5 Å². The van der Waals surface area contributed by atoms with E-state index in [-0.39, 0.29) is 10.8 Å². The summed E-state index contributed by atoms with van der Waals surface area (Å²) in [6, 6.07) is 67.5. The highest BCUT2D eigenvalue weighted by Crippen LogP contribution is 2.58. The zero-order valence-corrected chi connectivity index (χ0v) is 32.2. The summed E-state index contributed by atoms with van der Waals surface area (Å²) in [4.78, 5) is 4.93. The van der Waals surface area contributed by atoms with Crippen LogP contribution < -0.4 is 9.80 Å². The Morgan fingerprint density at radius 2 is 0.857 bits per heavy atom. The Bertz CT molecular complexity index is 2990. The Hall–Kier alpha value is -6.64. The molecule has 1 aliphatic carbocycles. The second-order valence-electron chi connectivity index (χ2n) is 16.6.